The molecule has 0 spiro atoms. The third kappa shape index (κ3) is 4.57. The van der Waals surface area contributed by atoms with E-state index in [4.69, 9.17) is 4.74 Å². The zero-order valence-corrected chi connectivity index (χ0v) is 16.1. The number of nitriles is 1. The number of carbonyl (C=O) groups is 1. The number of hydrogen-bond donors (Lipinski definition) is 1. The summed E-state index contributed by atoms with van der Waals surface area (Å²) in [4.78, 5) is 11.7. The molecule has 3 aromatic rings. The average molecular weight is 374 g/mol. The van der Waals surface area contributed by atoms with Gasteiger partial charge in [-0.05, 0) is 38.5 Å². The van der Waals surface area contributed by atoms with Crippen molar-refractivity contribution in [1.82, 2.24) is 9.99 Å². The van der Waals surface area contributed by atoms with Crippen LogP contribution in [0.2, 0.25) is 0 Å². The Hall–Kier alpha value is -3.59. The van der Waals surface area contributed by atoms with Crippen molar-refractivity contribution in [3.8, 4) is 6.07 Å². The van der Waals surface area contributed by atoms with Crippen LogP contribution >= 0.6 is 0 Å². The number of hydrogen-bond acceptors (Lipinski definition) is 4. The highest BCUT2D eigenvalue weighted by atomic mass is 16.6. The van der Waals surface area contributed by atoms with Crippen molar-refractivity contribution in [2.75, 3.05) is 0 Å². The summed E-state index contributed by atoms with van der Waals surface area (Å²) in [5.74, 6) is 0. The lowest BCUT2D eigenvalue weighted by atomic mass is 10.1. The maximum absolute atomic E-state index is 11.7. The SMILES string of the molecule is CC(C)(C)OC(=O)N/N=C\c1cn(Cc2ccccc2C#N)c2ccccc12. The van der Waals surface area contributed by atoms with Crippen LogP contribution in [0.5, 0.6) is 0 Å². The second-order valence-corrected chi connectivity index (χ2v) is 7.37. The summed E-state index contributed by atoms with van der Waals surface area (Å²) in [6, 6.07) is 17.7. The van der Waals surface area contributed by atoms with E-state index in [1.165, 1.54) is 0 Å². The summed E-state index contributed by atoms with van der Waals surface area (Å²) in [5, 5.41) is 14.4. The van der Waals surface area contributed by atoms with Gasteiger partial charge in [0.05, 0.1) is 17.8 Å². The zero-order valence-electron chi connectivity index (χ0n) is 16.1. The first-order chi connectivity index (χ1) is 13.4. The molecule has 0 aliphatic rings. The monoisotopic (exact) mass is 374 g/mol. The van der Waals surface area contributed by atoms with Crippen LogP contribution in [0.1, 0.15) is 37.5 Å². The molecule has 1 heterocycles. The summed E-state index contributed by atoms with van der Waals surface area (Å²) in [7, 11) is 0. The lowest BCUT2D eigenvalue weighted by Crippen LogP contribution is -2.29. The number of nitrogens with zero attached hydrogens (tertiary/aromatic N) is 3. The van der Waals surface area contributed by atoms with Crippen molar-refractivity contribution >= 4 is 23.2 Å². The predicted octanol–water partition coefficient (Wildman–Crippen LogP) is 4.42. The summed E-state index contributed by atoms with van der Waals surface area (Å²) in [6.45, 7) is 5.95. The highest BCUT2D eigenvalue weighted by molar-refractivity contribution is 5.99. The van der Waals surface area contributed by atoms with E-state index >= 15 is 0 Å². The van der Waals surface area contributed by atoms with E-state index in [0.717, 1.165) is 22.0 Å². The van der Waals surface area contributed by atoms with Gasteiger partial charge in [-0.25, -0.2) is 10.2 Å². The van der Waals surface area contributed by atoms with Crippen molar-refractivity contribution in [1.29, 1.82) is 5.26 Å². The Kier molecular flexibility index (Phi) is 5.46. The molecule has 0 radical (unpaired) electrons. The fourth-order valence-electron chi connectivity index (χ4n) is 2.92. The molecule has 6 heteroatoms. The van der Waals surface area contributed by atoms with Gasteiger partial charge in [-0.2, -0.15) is 10.4 Å². The third-order valence-corrected chi connectivity index (χ3v) is 4.06. The Bertz CT molecular complexity index is 1070. The van der Waals surface area contributed by atoms with Gasteiger partial charge < -0.3 is 9.30 Å². The van der Waals surface area contributed by atoms with E-state index in [0.29, 0.717) is 12.1 Å². The predicted molar refractivity (Wildman–Crippen MR) is 109 cm³/mol. The minimum absolute atomic E-state index is 0.567. The first kappa shape index (κ1) is 19.2. The van der Waals surface area contributed by atoms with Crippen LogP contribution in [0, 0.1) is 11.3 Å². The van der Waals surface area contributed by atoms with E-state index in [1.54, 1.807) is 27.0 Å². The second-order valence-electron chi connectivity index (χ2n) is 7.37. The summed E-state index contributed by atoms with van der Waals surface area (Å²) < 4.78 is 7.24. The van der Waals surface area contributed by atoms with Gasteiger partial charge in [0.2, 0.25) is 0 Å². The van der Waals surface area contributed by atoms with E-state index in [1.807, 2.05) is 54.7 Å². The van der Waals surface area contributed by atoms with Crippen LogP contribution in [0.4, 0.5) is 4.79 Å². The molecule has 1 amide bonds. The van der Waals surface area contributed by atoms with Crippen molar-refractivity contribution in [3.05, 3.63) is 71.4 Å². The van der Waals surface area contributed by atoms with Gasteiger partial charge in [0.1, 0.15) is 5.60 Å². The standard InChI is InChI=1S/C22H22N4O2/c1-22(2,3)28-21(27)25-24-13-18-15-26(20-11-7-6-10-19(18)20)14-17-9-5-4-8-16(17)12-23/h4-11,13,15H,14H2,1-3H3,(H,25,27)/b24-13-. The molecular weight excluding hydrogens is 352 g/mol. The molecule has 0 unspecified atom stereocenters. The first-order valence-corrected chi connectivity index (χ1v) is 8.95. The van der Waals surface area contributed by atoms with Crippen molar-refractivity contribution in [3.63, 3.8) is 0 Å². The number of ether oxygens (including phenoxy) is 1. The Labute approximate surface area is 164 Å². The molecule has 2 aromatic carbocycles. The van der Waals surface area contributed by atoms with E-state index in [2.05, 4.69) is 21.2 Å². The molecule has 0 aliphatic carbocycles. The maximum atomic E-state index is 11.7. The summed E-state index contributed by atoms with van der Waals surface area (Å²) in [6.07, 6.45) is 2.95. The Morgan fingerprint density at radius 1 is 1.21 bits per heavy atom. The first-order valence-electron chi connectivity index (χ1n) is 8.95. The minimum Gasteiger partial charge on any atom is -0.443 e. The molecule has 0 fully saturated rings. The molecule has 0 saturated heterocycles. The van der Waals surface area contributed by atoms with Crippen LogP contribution in [-0.4, -0.2) is 22.5 Å². The zero-order chi connectivity index (χ0) is 20.1. The van der Waals surface area contributed by atoms with Crippen LogP contribution in [0.15, 0.2) is 59.8 Å². The van der Waals surface area contributed by atoms with Gasteiger partial charge in [-0.3, -0.25) is 0 Å². The highest BCUT2D eigenvalue weighted by Crippen LogP contribution is 2.22. The molecule has 28 heavy (non-hydrogen) atoms. The Morgan fingerprint density at radius 2 is 1.93 bits per heavy atom. The maximum Gasteiger partial charge on any atom is 0.428 e. The van der Waals surface area contributed by atoms with Gasteiger partial charge in [0.15, 0.2) is 0 Å². The number of aromatic nitrogens is 1. The smallest absolute Gasteiger partial charge is 0.428 e. The Balaban J connectivity index is 1.86. The third-order valence-electron chi connectivity index (χ3n) is 4.06. The number of amides is 1. The van der Waals surface area contributed by atoms with Gasteiger partial charge in [0, 0.05) is 29.2 Å². The molecule has 142 valence electrons. The molecular formula is C22H22N4O2. The molecule has 0 aliphatic heterocycles. The largest absolute Gasteiger partial charge is 0.443 e. The molecule has 1 aromatic heterocycles. The number of carbonyl (C=O) groups excluding carboxylic acids is 1. The van der Waals surface area contributed by atoms with Gasteiger partial charge in [-0.15, -0.1) is 0 Å². The number of rotatable bonds is 4. The van der Waals surface area contributed by atoms with E-state index < -0.39 is 11.7 Å². The van der Waals surface area contributed by atoms with Crippen molar-refractivity contribution in [2.45, 2.75) is 32.9 Å². The van der Waals surface area contributed by atoms with Crippen LogP contribution in [0.25, 0.3) is 10.9 Å². The lowest BCUT2D eigenvalue weighted by molar-refractivity contribution is 0.0529. The fraction of sp³-hybridized carbons (Fsp3) is 0.227. The molecule has 3 rings (SSSR count). The summed E-state index contributed by atoms with van der Waals surface area (Å²) in [5.41, 5.74) is 5.29. The summed E-state index contributed by atoms with van der Waals surface area (Å²) >= 11 is 0. The van der Waals surface area contributed by atoms with Gasteiger partial charge >= 0.3 is 6.09 Å². The molecule has 6 nitrogen and oxygen atoms in total. The normalized spacial score (nSPS) is 11.5. The van der Waals surface area contributed by atoms with E-state index in [-0.39, 0.29) is 0 Å². The number of hydrazone groups is 1. The fourth-order valence-corrected chi connectivity index (χ4v) is 2.92. The average Bonchev–Trinajstić information content (AvgIpc) is 2.99. The molecule has 0 atom stereocenters. The molecule has 0 saturated carbocycles. The lowest BCUT2D eigenvalue weighted by Gasteiger charge is -2.18. The quantitative estimate of drug-likeness (QED) is 0.542. The Morgan fingerprint density at radius 3 is 2.68 bits per heavy atom. The topological polar surface area (TPSA) is 79.4 Å². The molecule has 1 N–H and O–H groups in total. The van der Waals surface area contributed by atoms with Crippen molar-refractivity contribution < 1.29 is 9.53 Å². The highest BCUT2D eigenvalue weighted by Gasteiger charge is 2.15. The van der Waals surface area contributed by atoms with Crippen LogP contribution < -0.4 is 5.43 Å². The van der Waals surface area contributed by atoms with Crippen LogP contribution in [0.3, 0.4) is 0 Å². The van der Waals surface area contributed by atoms with Crippen molar-refractivity contribution in [2.24, 2.45) is 5.10 Å². The number of para-hydroxylation sites is 1. The van der Waals surface area contributed by atoms with Gasteiger partial charge in [0.25, 0.3) is 0 Å². The van der Waals surface area contributed by atoms with Gasteiger partial charge in [-0.1, -0.05) is 36.4 Å². The van der Waals surface area contributed by atoms with Crippen LogP contribution in [-0.2, 0) is 11.3 Å². The minimum atomic E-state index is -0.601. The number of nitrogens with one attached hydrogen (secondary N) is 1. The number of fused-ring (bicyclic) bond motifs is 1. The number of benzene rings is 2. The second kappa shape index (κ2) is 7.97. The molecule has 0 bridgehead atoms. The van der Waals surface area contributed by atoms with E-state index in [9.17, 15) is 10.1 Å².